The molecule has 0 saturated heterocycles. The molecule has 2 fully saturated rings. The molecule has 2 saturated carbocycles. The topological polar surface area (TPSA) is 0 Å². The predicted molar refractivity (Wildman–Crippen MR) is 269 cm³/mol. The zero-order valence-corrected chi connectivity index (χ0v) is 43.6. The molecule has 4 aromatic carbocycles. The summed E-state index contributed by atoms with van der Waals surface area (Å²) in [5.41, 5.74) is 19.2. The fraction of sp³-hybridized carbons (Fsp3) is 0.500. The van der Waals surface area contributed by atoms with E-state index in [0.717, 1.165) is 0 Å². The molecular formula is C56H76Cl2SiZr. The van der Waals surface area contributed by atoms with E-state index in [1.54, 1.807) is 33.4 Å². The molecule has 60 heavy (non-hydrogen) atoms. The standard InChI is InChI=1S/2C27H33.2CH3.2ClH.H2Si.Zr/c2*1-3-27(16-7-5-4-6-8-17-27)20-22-18-24-10-9-11-25(26(24)19-22)23-14-12-21(2)13-15-23;;;;;;/h2*9-15,18-19H,3-8,16-17,20H2,1-2H3;2*1H3;2*1H;1H2;. The third kappa shape index (κ3) is 9.45. The van der Waals surface area contributed by atoms with Crippen LogP contribution in [0.2, 0.25) is 9.26 Å². The Bertz CT molecular complexity index is 2070. The van der Waals surface area contributed by atoms with E-state index in [1.165, 1.54) is 149 Å². The largest absolute Gasteiger partial charge is 0.147 e. The Labute approximate surface area is 380 Å². The molecule has 4 aromatic rings. The number of hydrogen-bond acceptors (Lipinski definition) is 0. The summed E-state index contributed by atoms with van der Waals surface area (Å²) >= 11 is -3.98. The Kier molecular flexibility index (Phi) is 15.4. The summed E-state index contributed by atoms with van der Waals surface area (Å²) in [5.74, 6) is 0. The number of halogens is 2. The molecule has 2 atom stereocenters. The second-order valence-corrected chi connectivity index (χ2v) is 51.7. The molecule has 0 aliphatic heterocycles. The Morgan fingerprint density at radius 3 is 1.17 bits per heavy atom. The third-order valence-electron chi connectivity index (χ3n) is 16.4. The van der Waals surface area contributed by atoms with E-state index in [1.807, 2.05) is 0 Å². The Morgan fingerprint density at radius 1 is 0.500 bits per heavy atom. The summed E-state index contributed by atoms with van der Waals surface area (Å²) in [6.45, 7) is 12.1. The summed E-state index contributed by atoms with van der Waals surface area (Å²) in [7, 11) is 0. The molecule has 322 valence electrons. The minimum Gasteiger partial charge on any atom is -0.147 e. The van der Waals surface area contributed by atoms with Crippen molar-refractivity contribution in [3.63, 3.8) is 0 Å². The first kappa shape index (κ1) is 47.5. The van der Waals surface area contributed by atoms with Crippen LogP contribution in [-0.2, 0) is 17.4 Å². The van der Waals surface area contributed by atoms with Crippen LogP contribution >= 0.6 is 24.8 Å². The second kappa shape index (κ2) is 19.4. The van der Waals surface area contributed by atoms with Crippen molar-refractivity contribution in [1.82, 2.24) is 0 Å². The predicted octanol–water partition coefficient (Wildman–Crippen LogP) is 17.5. The van der Waals surface area contributed by atoms with Gasteiger partial charge in [0.15, 0.2) is 0 Å². The number of aryl methyl sites for hydroxylation is 2. The van der Waals surface area contributed by atoms with Crippen LogP contribution in [0.3, 0.4) is 0 Å². The summed E-state index contributed by atoms with van der Waals surface area (Å²) in [6, 6.07) is 33.7. The van der Waals surface area contributed by atoms with E-state index < -0.39 is 17.4 Å². The smallest absolute Gasteiger partial charge is 0.147 e. The minimum absolute atomic E-state index is 0. The summed E-state index contributed by atoms with van der Waals surface area (Å²) in [6.07, 6.45) is 30.5. The fourth-order valence-electron chi connectivity index (χ4n) is 13.1. The van der Waals surface area contributed by atoms with Crippen molar-refractivity contribution in [2.45, 2.75) is 160 Å². The quantitative estimate of drug-likeness (QED) is 0.139. The van der Waals surface area contributed by atoms with Gasteiger partial charge in [0, 0.05) is 0 Å². The van der Waals surface area contributed by atoms with Gasteiger partial charge in [0.1, 0.15) is 0 Å². The Morgan fingerprint density at radius 2 is 0.833 bits per heavy atom. The molecule has 0 N–H and O–H groups in total. The van der Waals surface area contributed by atoms with Crippen LogP contribution in [0.25, 0.3) is 34.4 Å². The van der Waals surface area contributed by atoms with Gasteiger partial charge in [-0.25, -0.2) is 0 Å². The minimum atomic E-state index is -3.98. The first-order valence-corrected chi connectivity index (χ1v) is 37.5. The van der Waals surface area contributed by atoms with E-state index in [0.29, 0.717) is 18.1 Å². The summed E-state index contributed by atoms with van der Waals surface area (Å²) < 4.78 is 6.94. The van der Waals surface area contributed by atoms with Gasteiger partial charge >= 0.3 is 359 Å². The van der Waals surface area contributed by atoms with Crippen LogP contribution in [0.15, 0.2) is 96.1 Å². The molecule has 0 amide bonds. The maximum absolute atomic E-state index is 3.98. The molecule has 8 rings (SSSR count). The van der Waals surface area contributed by atoms with Crippen molar-refractivity contribution < 1.29 is 17.4 Å². The van der Waals surface area contributed by atoms with Crippen LogP contribution in [0.4, 0.5) is 0 Å². The van der Waals surface area contributed by atoms with Gasteiger partial charge in [-0.15, -0.1) is 24.8 Å². The molecule has 4 aliphatic carbocycles. The molecule has 0 aromatic heterocycles. The van der Waals surface area contributed by atoms with Crippen LogP contribution in [0.1, 0.15) is 170 Å². The zero-order chi connectivity index (χ0) is 40.6. The van der Waals surface area contributed by atoms with E-state index in [9.17, 15) is 0 Å². The molecular weight excluding hydrogens is 863 g/mol. The summed E-state index contributed by atoms with van der Waals surface area (Å²) in [5, 5.41) is 0. The van der Waals surface area contributed by atoms with Crippen molar-refractivity contribution in [2.24, 2.45) is 10.8 Å². The van der Waals surface area contributed by atoms with Gasteiger partial charge in [-0.05, 0) is 0 Å². The molecule has 0 spiro atoms. The van der Waals surface area contributed by atoms with Gasteiger partial charge in [0.05, 0.1) is 0 Å². The van der Waals surface area contributed by atoms with Gasteiger partial charge in [-0.2, -0.15) is 0 Å². The average Bonchev–Trinajstić information content (AvgIpc) is 3.77. The number of hydrogen-bond donors (Lipinski definition) is 0. The maximum Gasteiger partial charge on any atom is -0.147 e. The average molecular weight is 939 g/mol. The van der Waals surface area contributed by atoms with Crippen molar-refractivity contribution >= 4 is 43.8 Å². The van der Waals surface area contributed by atoms with E-state index in [2.05, 4.69) is 141 Å². The van der Waals surface area contributed by atoms with Crippen LogP contribution < -0.4 is 0 Å². The third-order valence-corrected chi connectivity index (χ3v) is 33.9. The van der Waals surface area contributed by atoms with Gasteiger partial charge in [0.2, 0.25) is 0 Å². The molecule has 2 unspecified atom stereocenters. The molecule has 0 heterocycles. The monoisotopic (exact) mass is 936 g/mol. The SMILES string of the molecule is CCC1(CC2=Cc3c(-c4ccc(C)cc4)cccc3[CH]2[Zr]([CH3])([CH3])(=[SiH2])[CH]2C(CC3(CC)CCCCCCC3)=Cc3c(-c4ccc(C)cc4)cccc32)CCCCCCC1.Cl.Cl. The molecule has 0 bridgehead atoms. The van der Waals surface area contributed by atoms with Gasteiger partial charge < -0.3 is 0 Å². The molecule has 0 nitrogen and oxygen atoms in total. The first-order valence-electron chi connectivity index (χ1n) is 23.8. The first-order chi connectivity index (χ1) is 27.9. The maximum atomic E-state index is 2.94. The number of benzene rings is 4. The summed E-state index contributed by atoms with van der Waals surface area (Å²) in [4.78, 5) is 0. The van der Waals surface area contributed by atoms with Crippen LogP contribution in [0, 0.1) is 24.7 Å². The number of allylic oxidation sites excluding steroid dienone is 2. The number of fused-ring (bicyclic) bond motifs is 2. The van der Waals surface area contributed by atoms with E-state index >= 15 is 0 Å². The molecule has 0 radical (unpaired) electrons. The molecule has 4 aliphatic rings. The van der Waals surface area contributed by atoms with Crippen molar-refractivity contribution in [2.75, 3.05) is 0 Å². The molecule has 4 heteroatoms. The van der Waals surface area contributed by atoms with Gasteiger partial charge in [-0.3, -0.25) is 0 Å². The van der Waals surface area contributed by atoms with Crippen LogP contribution in [-0.4, -0.2) is 6.88 Å². The zero-order valence-electron chi connectivity index (χ0n) is 38.1. The van der Waals surface area contributed by atoms with Gasteiger partial charge in [0.25, 0.3) is 0 Å². The van der Waals surface area contributed by atoms with Crippen molar-refractivity contribution in [1.29, 1.82) is 0 Å². The normalized spacial score (nSPS) is 21.4. The van der Waals surface area contributed by atoms with E-state index in [-0.39, 0.29) is 24.8 Å². The fourth-order valence-corrected chi connectivity index (χ4v) is 32.8. The van der Waals surface area contributed by atoms with Crippen LogP contribution in [0.5, 0.6) is 0 Å². The van der Waals surface area contributed by atoms with E-state index in [4.69, 9.17) is 0 Å². The van der Waals surface area contributed by atoms with Crippen molar-refractivity contribution in [3.8, 4) is 22.3 Å². The number of rotatable bonds is 10. The van der Waals surface area contributed by atoms with Gasteiger partial charge in [-0.1, -0.05) is 0 Å². The Balaban J connectivity index is 0.00000302. The second-order valence-electron chi connectivity index (χ2n) is 21.2. The van der Waals surface area contributed by atoms with Crippen molar-refractivity contribution in [3.05, 3.63) is 129 Å². The Hall–Kier alpha value is -1.96.